The fourth-order valence-electron chi connectivity index (χ4n) is 3.10. The first-order chi connectivity index (χ1) is 14.9. The van der Waals surface area contributed by atoms with Crippen molar-refractivity contribution in [3.05, 3.63) is 53.1 Å². The fourth-order valence-corrected chi connectivity index (χ4v) is 4.84. The lowest BCUT2D eigenvalue weighted by molar-refractivity contribution is 0.0870. The molecule has 0 spiro atoms. The number of rotatable bonds is 8. The third kappa shape index (κ3) is 5.83. The van der Waals surface area contributed by atoms with Gasteiger partial charge >= 0.3 is 0 Å². The van der Waals surface area contributed by atoms with Gasteiger partial charge in [-0.3, -0.25) is 0 Å². The zero-order valence-corrected chi connectivity index (χ0v) is 21.4. The van der Waals surface area contributed by atoms with Crippen molar-refractivity contribution >= 4 is 29.5 Å². The molecule has 0 unspecified atom stereocenters. The van der Waals surface area contributed by atoms with E-state index in [9.17, 15) is 12.8 Å². The summed E-state index contributed by atoms with van der Waals surface area (Å²) in [6.07, 6.45) is 2.28. The predicted molar refractivity (Wildman–Crippen MR) is 128 cm³/mol. The molecule has 0 aliphatic heterocycles. The predicted octanol–water partition coefficient (Wildman–Crippen LogP) is 5.43. The van der Waals surface area contributed by atoms with Gasteiger partial charge < -0.3 is 9.30 Å². The minimum Gasteiger partial charge on any atom is -0.361 e. The Bertz CT molecular complexity index is 1220. The molecule has 10 heteroatoms. The summed E-state index contributed by atoms with van der Waals surface area (Å²) in [6, 6.07) is 8.49. The van der Waals surface area contributed by atoms with Crippen LogP contribution in [-0.4, -0.2) is 43.9 Å². The Morgan fingerprint density at radius 3 is 2.47 bits per heavy atom. The SMILES string of the molecule is Cc1c(-c2ccc(S(C)(=O)=O)cc2Cl)nc(-c2ccc(F)cn2)n1COCC[Si](C)(C)C. The van der Waals surface area contributed by atoms with E-state index in [1.807, 2.05) is 11.5 Å². The van der Waals surface area contributed by atoms with Crippen LogP contribution in [0.5, 0.6) is 0 Å². The number of nitrogens with zero attached hydrogens (tertiary/aromatic N) is 3. The fraction of sp³-hybridized carbons (Fsp3) is 0.364. The Hall–Kier alpha value is -2.07. The molecule has 32 heavy (non-hydrogen) atoms. The summed E-state index contributed by atoms with van der Waals surface area (Å²) in [4.78, 5) is 9.04. The number of hydrogen-bond donors (Lipinski definition) is 0. The van der Waals surface area contributed by atoms with Crippen LogP contribution in [0.4, 0.5) is 4.39 Å². The van der Waals surface area contributed by atoms with Crippen LogP contribution < -0.4 is 0 Å². The van der Waals surface area contributed by atoms with E-state index in [0.29, 0.717) is 29.4 Å². The second-order valence-corrected chi connectivity index (χ2v) is 17.0. The van der Waals surface area contributed by atoms with E-state index in [0.717, 1.165) is 24.2 Å². The Morgan fingerprint density at radius 1 is 1.19 bits per heavy atom. The van der Waals surface area contributed by atoms with Crippen molar-refractivity contribution in [1.29, 1.82) is 0 Å². The summed E-state index contributed by atoms with van der Waals surface area (Å²) in [7, 11) is -4.62. The number of benzene rings is 1. The third-order valence-corrected chi connectivity index (χ3v) is 8.15. The molecule has 2 heterocycles. The van der Waals surface area contributed by atoms with E-state index in [2.05, 4.69) is 24.6 Å². The third-order valence-electron chi connectivity index (χ3n) is 5.02. The standard InChI is InChI=1S/C22H27ClFN3O3SSi/c1-15-21(18-8-7-17(12-19(18)23)31(2,28)29)26-22(20-9-6-16(24)13-25-20)27(15)14-30-10-11-32(3,4)5/h6-9,12-13H,10-11,14H2,1-5H3. The number of sulfone groups is 1. The lowest BCUT2D eigenvalue weighted by Gasteiger charge is -2.16. The van der Waals surface area contributed by atoms with Crippen molar-refractivity contribution in [3.63, 3.8) is 0 Å². The minimum absolute atomic E-state index is 0.137. The maximum atomic E-state index is 13.4. The number of aromatic nitrogens is 3. The van der Waals surface area contributed by atoms with Gasteiger partial charge in [-0.05, 0) is 43.3 Å². The first-order valence-corrected chi connectivity index (χ1v) is 16.1. The van der Waals surface area contributed by atoms with Crippen LogP contribution in [-0.2, 0) is 21.3 Å². The average Bonchev–Trinajstić information content (AvgIpc) is 3.00. The molecule has 0 aliphatic rings. The molecule has 6 nitrogen and oxygen atoms in total. The van der Waals surface area contributed by atoms with E-state index in [1.54, 1.807) is 12.1 Å². The lowest BCUT2D eigenvalue weighted by atomic mass is 10.1. The molecule has 3 rings (SSSR count). The van der Waals surface area contributed by atoms with Gasteiger partial charge in [-0.25, -0.2) is 22.8 Å². The van der Waals surface area contributed by atoms with Gasteiger partial charge in [-0.15, -0.1) is 0 Å². The number of ether oxygens (including phenoxy) is 1. The normalized spacial score (nSPS) is 12.3. The van der Waals surface area contributed by atoms with E-state index in [-0.39, 0.29) is 16.6 Å². The van der Waals surface area contributed by atoms with Crippen molar-refractivity contribution in [2.75, 3.05) is 12.9 Å². The first kappa shape index (κ1) is 24.6. The molecule has 0 aliphatic carbocycles. The highest BCUT2D eigenvalue weighted by atomic mass is 35.5. The van der Waals surface area contributed by atoms with Crippen LogP contribution in [0.1, 0.15) is 5.69 Å². The molecule has 172 valence electrons. The number of hydrogen-bond acceptors (Lipinski definition) is 5. The smallest absolute Gasteiger partial charge is 0.175 e. The van der Waals surface area contributed by atoms with Crippen LogP contribution in [0.15, 0.2) is 41.4 Å². The molecule has 0 bridgehead atoms. The van der Waals surface area contributed by atoms with Crippen LogP contribution in [0.2, 0.25) is 30.7 Å². The second-order valence-electron chi connectivity index (χ2n) is 8.92. The molecular weight excluding hydrogens is 469 g/mol. The average molecular weight is 496 g/mol. The van der Waals surface area contributed by atoms with Crippen LogP contribution in [0, 0.1) is 12.7 Å². The Morgan fingerprint density at radius 2 is 1.91 bits per heavy atom. The summed E-state index contributed by atoms with van der Waals surface area (Å²) >= 11 is 6.44. The molecular formula is C22H27ClFN3O3SSi. The van der Waals surface area contributed by atoms with Gasteiger partial charge in [-0.2, -0.15) is 0 Å². The minimum atomic E-state index is -3.38. The summed E-state index contributed by atoms with van der Waals surface area (Å²) in [5.74, 6) is 0.0864. The van der Waals surface area contributed by atoms with Crippen molar-refractivity contribution in [3.8, 4) is 22.8 Å². The maximum Gasteiger partial charge on any atom is 0.175 e. The number of pyridine rings is 1. The van der Waals surface area contributed by atoms with Gasteiger partial charge in [0.2, 0.25) is 0 Å². The van der Waals surface area contributed by atoms with Gasteiger partial charge in [0.05, 0.1) is 21.8 Å². The second kappa shape index (κ2) is 9.42. The Balaban J connectivity index is 2.03. The summed E-state index contributed by atoms with van der Waals surface area (Å²) < 4.78 is 45.0. The molecule has 0 amide bonds. The highest BCUT2D eigenvalue weighted by Crippen LogP contribution is 2.34. The van der Waals surface area contributed by atoms with Gasteiger partial charge in [-0.1, -0.05) is 31.2 Å². The van der Waals surface area contributed by atoms with Crippen molar-refractivity contribution in [2.24, 2.45) is 0 Å². The molecule has 0 saturated carbocycles. The first-order valence-electron chi connectivity index (χ1n) is 10.1. The van der Waals surface area contributed by atoms with Crippen molar-refractivity contribution in [2.45, 2.75) is 44.2 Å². The van der Waals surface area contributed by atoms with Gasteiger partial charge in [0.25, 0.3) is 0 Å². The molecule has 2 aromatic heterocycles. The monoisotopic (exact) mass is 495 g/mol. The van der Waals surface area contributed by atoms with E-state index >= 15 is 0 Å². The maximum absolute atomic E-state index is 13.4. The van der Waals surface area contributed by atoms with Crippen LogP contribution in [0.25, 0.3) is 22.8 Å². The molecule has 1 aromatic carbocycles. The molecule has 0 atom stereocenters. The topological polar surface area (TPSA) is 74.1 Å². The molecule has 0 radical (unpaired) electrons. The van der Waals surface area contributed by atoms with Crippen LogP contribution >= 0.6 is 11.6 Å². The zero-order valence-electron chi connectivity index (χ0n) is 18.8. The van der Waals surface area contributed by atoms with Crippen LogP contribution in [0.3, 0.4) is 0 Å². The van der Waals surface area contributed by atoms with Crippen molar-refractivity contribution < 1.29 is 17.5 Å². The quantitative estimate of drug-likeness (QED) is 0.308. The lowest BCUT2D eigenvalue weighted by Crippen LogP contribution is -2.22. The zero-order chi connectivity index (χ0) is 23.7. The van der Waals surface area contributed by atoms with Gasteiger partial charge in [0.1, 0.15) is 18.2 Å². The highest BCUT2D eigenvalue weighted by molar-refractivity contribution is 7.90. The largest absolute Gasteiger partial charge is 0.361 e. The van der Waals surface area contributed by atoms with Gasteiger partial charge in [0.15, 0.2) is 15.7 Å². The molecule has 0 N–H and O–H groups in total. The van der Waals surface area contributed by atoms with E-state index < -0.39 is 23.7 Å². The summed E-state index contributed by atoms with van der Waals surface area (Å²) in [5.41, 5.74) is 2.47. The van der Waals surface area contributed by atoms with Crippen molar-refractivity contribution in [1.82, 2.24) is 14.5 Å². The molecule has 0 saturated heterocycles. The number of imidazole rings is 1. The van der Waals surface area contributed by atoms with Gasteiger partial charge in [0, 0.05) is 32.2 Å². The van der Waals surface area contributed by atoms with E-state index in [1.165, 1.54) is 18.2 Å². The summed E-state index contributed by atoms with van der Waals surface area (Å²) in [5, 5.41) is 0.277. The number of halogens is 2. The van der Waals surface area contributed by atoms with E-state index in [4.69, 9.17) is 21.3 Å². The molecule has 3 aromatic rings. The Kier molecular flexibility index (Phi) is 7.24. The molecule has 0 fully saturated rings. The highest BCUT2D eigenvalue weighted by Gasteiger charge is 2.21. The Labute approximate surface area is 194 Å². The summed E-state index contributed by atoms with van der Waals surface area (Å²) in [6.45, 7) is 9.63.